The van der Waals surface area contributed by atoms with E-state index in [1.165, 1.54) is 16.7 Å². The molecule has 0 spiro atoms. The van der Waals surface area contributed by atoms with E-state index in [0.29, 0.717) is 11.4 Å². The summed E-state index contributed by atoms with van der Waals surface area (Å²) < 4.78 is 0. The van der Waals surface area contributed by atoms with Gasteiger partial charge in [0.2, 0.25) is 5.39 Å². The van der Waals surface area contributed by atoms with Crippen molar-refractivity contribution in [2.45, 2.75) is 5.41 Å². The molecule has 4 nitrogen and oxygen atoms in total. The first-order valence-electron chi connectivity index (χ1n) is 11.4. The fraction of sp³-hybridized carbons (Fsp3) is 0.0323. The SMILES string of the molecule is N#[N+]c1ccc(N=Nc2ccc(C(c3ccccc3)(c3ccccc3)c3ccccc3)cc2)cc1. The van der Waals surface area contributed by atoms with Crippen molar-refractivity contribution < 1.29 is 0 Å². The minimum absolute atomic E-state index is 0.479. The first-order chi connectivity index (χ1) is 17.3. The van der Waals surface area contributed by atoms with Crippen LogP contribution in [0.2, 0.25) is 0 Å². The van der Waals surface area contributed by atoms with E-state index in [9.17, 15) is 0 Å². The molecular formula is C31H23N4+. The fourth-order valence-corrected chi connectivity index (χ4v) is 4.54. The van der Waals surface area contributed by atoms with Crippen LogP contribution in [0, 0.1) is 5.39 Å². The van der Waals surface area contributed by atoms with Crippen molar-refractivity contribution in [3.05, 3.63) is 167 Å². The van der Waals surface area contributed by atoms with Crippen LogP contribution in [0.15, 0.2) is 150 Å². The molecule has 5 rings (SSSR count). The largest absolute Gasteiger partial charge is 0.385 e. The zero-order valence-electron chi connectivity index (χ0n) is 19.1. The topological polar surface area (TPSA) is 52.9 Å². The number of rotatable bonds is 6. The zero-order chi connectivity index (χ0) is 23.9. The smallest absolute Gasteiger partial charge is 0.151 e. The maximum Gasteiger partial charge on any atom is 0.385 e. The van der Waals surface area contributed by atoms with Gasteiger partial charge in [0.1, 0.15) is 0 Å². The summed E-state index contributed by atoms with van der Waals surface area (Å²) in [5, 5.41) is 17.6. The Morgan fingerprint density at radius 3 is 1.14 bits per heavy atom. The zero-order valence-corrected chi connectivity index (χ0v) is 19.1. The van der Waals surface area contributed by atoms with E-state index in [4.69, 9.17) is 5.39 Å². The molecule has 166 valence electrons. The van der Waals surface area contributed by atoms with E-state index in [0.717, 1.165) is 11.3 Å². The van der Waals surface area contributed by atoms with Crippen molar-refractivity contribution >= 4 is 17.1 Å². The lowest BCUT2D eigenvalue weighted by molar-refractivity contribution is 0.745. The van der Waals surface area contributed by atoms with Crippen LogP contribution in [0.4, 0.5) is 17.1 Å². The van der Waals surface area contributed by atoms with Crippen molar-refractivity contribution in [1.29, 1.82) is 5.39 Å². The first kappa shape index (κ1) is 21.9. The summed E-state index contributed by atoms with van der Waals surface area (Å²) in [7, 11) is 0. The van der Waals surface area contributed by atoms with Gasteiger partial charge in [-0.1, -0.05) is 103 Å². The maximum absolute atomic E-state index is 8.85. The molecule has 0 aliphatic heterocycles. The highest BCUT2D eigenvalue weighted by Gasteiger charge is 2.38. The Hall–Kier alpha value is -4.88. The van der Waals surface area contributed by atoms with Crippen molar-refractivity contribution in [3.63, 3.8) is 0 Å². The van der Waals surface area contributed by atoms with Crippen LogP contribution >= 0.6 is 0 Å². The van der Waals surface area contributed by atoms with Gasteiger partial charge in [0.25, 0.3) is 0 Å². The Morgan fingerprint density at radius 2 is 0.771 bits per heavy atom. The molecule has 0 fully saturated rings. The molecule has 0 aliphatic carbocycles. The van der Waals surface area contributed by atoms with Gasteiger partial charge in [-0.25, -0.2) is 0 Å². The van der Waals surface area contributed by atoms with E-state index in [-0.39, 0.29) is 0 Å². The third kappa shape index (κ3) is 4.36. The monoisotopic (exact) mass is 451 g/mol. The Labute approximate surface area is 204 Å². The molecule has 0 aliphatic rings. The van der Waals surface area contributed by atoms with Gasteiger partial charge >= 0.3 is 5.69 Å². The number of diazo groups is 1. The normalized spacial score (nSPS) is 11.3. The molecule has 0 aromatic heterocycles. The lowest BCUT2D eigenvalue weighted by Crippen LogP contribution is -2.30. The van der Waals surface area contributed by atoms with Gasteiger partial charge < -0.3 is 0 Å². The van der Waals surface area contributed by atoms with Crippen LogP contribution in [-0.4, -0.2) is 0 Å². The van der Waals surface area contributed by atoms with Crippen LogP contribution in [0.25, 0.3) is 4.98 Å². The van der Waals surface area contributed by atoms with Gasteiger partial charge in [0.15, 0.2) is 4.98 Å². The molecule has 5 aromatic carbocycles. The summed E-state index contributed by atoms with van der Waals surface area (Å²) in [5.74, 6) is 0. The lowest BCUT2D eigenvalue weighted by Gasteiger charge is -2.36. The number of azo groups is 1. The maximum atomic E-state index is 8.85. The van der Waals surface area contributed by atoms with E-state index < -0.39 is 5.41 Å². The van der Waals surface area contributed by atoms with E-state index in [2.05, 4.69) is 118 Å². The van der Waals surface area contributed by atoms with Crippen molar-refractivity contribution in [2.24, 2.45) is 10.2 Å². The van der Waals surface area contributed by atoms with Crippen LogP contribution < -0.4 is 0 Å². The van der Waals surface area contributed by atoms with Gasteiger partial charge in [-0.05, 0) is 46.5 Å². The second kappa shape index (κ2) is 9.94. The summed E-state index contributed by atoms with van der Waals surface area (Å²) in [5.41, 5.74) is 6.18. The average molecular weight is 452 g/mol. The average Bonchev–Trinajstić information content (AvgIpc) is 2.95. The molecule has 0 atom stereocenters. The first-order valence-corrected chi connectivity index (χ1v) is 11.4. The van der Waals surface area contributed by atoms with Crippen molar-refractivity contribution in [1.82, 2.24) is 0 Å². The van der Waals surface area contributed by atoms with Gasteiger partial charge in [-0.3, -0.25) is 0 Å². The molecule has 0 heterocycles. The summed E-state index contributed by atoms with van der Waals surface area (Å²) in [6.07, 6.45) is 0. The van der Waals surface area contributed by atoms with E-state index >= 15 is 0 Å². The molecule has 4 heteroatoms. The third-order valence-electron chi connectivity index (χ3n) is 6.17. The lowest BCUT2D eigenvalue weighted by atomic mass is 9.65. The quantitative estimate of drug-likeness (QED) is 0.144. The molecular weight excluding hydrogens is 428 g/mol. The minimum atomic E-state index is -0.483. The van der Waals surface area contributed by atoms with Gasteiger partial charge in [0, 0.05) is 12.1 Å². The summed E-state index contributed by atoms with van der Waals surface area (Å²) in [6, 6.07) is 47.0. The standard InChI is InChI=1S/C31H23N4/c32-33-28-20-22-30(23-21-28)35-34-29-18-16-27(17-19-29)31(24-10-4-1-5-11-24,25-12-6-2-7-13-25)26-14-8-3-9-15-26/h1-23H/q+1. The number of hydrogen-bond donors (Lipinski definition) is 0. The van der Waals surface area contributed by atoms with E-state index in [1.54, 1.807) is 24.3 Å². The van der Waals surface area contributed by atoms with Crippen LogP contribution in [-0.2, 0) is 5.41 Å². The predicted octanol–water partition coefficient (Wildman–Crippen LogP) is 8.97. The molecule has 0 N–H and O–H groups in total. The Morgan fingerprint density at radius 1 is 0.429 bits per heavy atom. The van der Waals surface area contributed by atoms with Gasteiger partial charge in [-0.2, -0.15) is 10.2 Å². The molecule has 5 aromatic rings. The number of benzene rings is 5. The highest BCUT2D eigenvalue weighted by atomic mass is 15.1. The van der Waals surface area contributed by atoms with Crippen LogP contribution in [0.3, 0.4) is 0 Å². The number of hydrogen-bond acceptors (Lipinski definition) is 3. The molecule has 0 amide bonds. The molecule has 0 saturated carbocycles. The third-order valence-corrected chi connectivity index (χ3v) is 6.17. The predicted molar refractivity (Wildman–Crippen MR) is 140 cm³/mol. The molecule has 0 bridgehead atoms. The Kier molecular flexibility index (Phi) is 6.23. The highest BCUT2D eigenvalue weighted by Crippen LogP contribution is 2.45. The van der Waals surface area contributed by atoms with Gasteiger partial charge in [0.05, 0.1) is 16.8 Å². The van der Waals surface area contributed by atoms with Crippen LogP contribution in [0.1, 0.15) is 22.3 Å². The summed E-state index contributed by atoms with van der Waals surface area (Å²) in [4.78, 5) is 3.17. The van der Waals surface area contributed by atoms with Crippen molar-refractivity contribution in [3.8, 4) is 0 Å². The summed E-state index contributed by atoms with van der Waals surface area (Å²) >= 11 is 0. The molecule has 0 saturated heterocycles. The number of nitrogens with zero attached hydrogens (tertiary/aromatic N) is 4. The fourth-order valence-electron chi connectivity index (χ4n) is 4.54. The molecule has 0 unspecified atom stereocenters. The Bertz CT molecular complexity index is 1360. The minimum Gasteiger partial charge on any atom is -0.151 e. The second-order valence-electron chi connectivity index (χ2n) is 8.21. The Balaban J connectivity index is 1.62. The molecule has 0 radical (unpaired) electrons. The van der Waals surface area contributed by atoms with Gasteiger partial charge in [-0.15, -0.1) is 0 Å². The summed E-state index contributed by atoms with van der Waals surface area (Å²) in [6.45, 7) is 0. The molecule has 35 heavy (non-hydrogen) atoms. The second-order valence-corrected chi connectivity index (χ2v) is 8.21. The van der Waals surface area contributed by atoms with Crippen molar-refractivity contribution in [2.75, 3.05) is 0 Å². The van der Waals surface area contributed by atoms with Crippen LogP contribution in [0.5, 0.6) is 0 Å². The highest BCUT2D eigenvalue weighted by molar-refractivity contribution is 5.61. The van der Waals surface area contributed by atoms with E-state index in [1.807, 2.05) is 12.1 Å².